The summed E-state index contributed by atoms with van der Waals surface area (Å²) in [6.45, 7) is 11.8. The molecule has 2 aromatic rings. The summed E-state index contributed by atoms with van der Waals surface area (Å²) in [5, 5.41) is 14.6. The molecule has 0 aliphatic heterocycles. The first-order chi connectivity index (χ1) is 22.6. The monoisotopic (exact) mass is 656 g/mol. The van der Waals surface area contributed by atoms with Crippen LogP contribution in [0, 0.1) is 28.6 Å². The average Bonchev–Trinajstić information content (AvgIpc) is 3.40. The van der Waals surface area contributed by atoms with Gasteiger partial charge in [-0.2, -0.15) is 0 Å². The van der Waals surface area contributed by atoms with Crippen LogP contribution in [-0.2, 0) is 14.0 Å². The van der Waals surface area contributed by atoms with Crippen LogP contribution in [0.3, 0.4) is 0 Å². The van der Waals surface area contributed by atoms with E-state index in [1.54, 1.807) is 0 Å². The fourth-order valence-electron chi connectivity index (χ4n) is 10.7. The minimum Gasteiger partial charge on any atom is -0.462 e. The summed E-state index contributed by atoms with van der Waals surface area (Å²) < 4.78 is 13.8. The zero-order valence-corrected chi connectivity index (χ0v) is 30.8. The van der Waals surface area contributed by atoms with Gasteiger partial charge in [0.15, 0.2) is 0 Å². The Morgan fingerprint density at radius 3 is 2.17 bits per heavy atom. The van der Waals surface area contributed by atoms with Gasteiger partial charge in [-0.25, -0.2) is 0 Å². The molecule has 0 aromatic heterocycles. The van der Waals surface area contributed by atoms with E-state index in [-0.39, 0.29) is 34.9 Å². The number of benzene rings is 2. The Balaban J connectivity index is 1.19. The van der Waals surface area contributed by atoms with Crippen LogP contribution in [0.4, 0.5) is 0 Å². The number of unbranched alkanes of at least 4 members (excludes halogenated alkanes) is 4. The predicted molar refractivity (Wildman–Crippen MR) is 194 cm³/mol. The van der Waals surface area contributed by atoms with E-state index in [4.69, 9.17) is 9.16 Å². The molecule has 4 aliphatic carbocycles. The molecule has 0 amide bonds. The summed E-state index contributed by atoms with van der Waals surface area (Å²) in [6.07, 6.45) is 15.4. The summed E-state index contributed by atoms with van der Waals surface area (Å²) in [5.41, 5.74) is 1.83. The van der Waals surface area contributed by atoms with Crippen molar-refractivity contribution in [2.24, 2.45) is 28.6 Å². The molecule has 3 fully saturated rings. The van der Waals surface area contributed by atoms with E-state index >= 15 is 0 Å². The van der Waals surface area contributed by atoms with Gasteiger partial charge in [-0.15, -0.1) is 0 Å². The number of carbonyl (C=O) groups excluding carboxylic acids is 1. The molecular formula is C42H60O4Si. The first-order valence-corrected chi connectivity index (χ1v) is 21.0. The quantitative estimate of drug-likeness (QED) is 0.107. The molecule has 4 aliphatic rings. The number of esters is 1. The highest BCUT2D eigenvalue weighted by Gasteiger charge is 2.62. The lowest BCUT2D eigenvalue weighted by Gasteiger charge is -2.59. The molecule has 256 valence electrons. The van der Waals surface area contributed by atoms with Crippen LogP contribution in [-0.4, -0.2) is 37.7 Å². The zero-order valence-electron chi connectivity index (χ0n) is 29.8. The molecule has 0 radical (unpaired) electrons. The largest absolute Gasteiger partial charge is 0.462 e. The molecular weight excluding hydrogens is 597 g/mol. The van der Waals surface area contributed by atoms with Crippen molar-refractivity contribution in [3.05, 3.63) is 72.3 Å². The summed E-state index contributed by atoms with van der Waals surface area (Å²) in [6, 6.07) is 21.9. The molecule has 8 atom stereocenters. The van der Waals surface area contributed by atoms with Crippen LogP contribution in [0.5, 0.6) is 0 Å². The van der Waals surface area contributed by atoms with Gasteiger partial charge in [0.05, 0.1) is 6.10 Å². The van der Waals surface area contributed by atoms with Crippen molar-refractivity contribution in [2.75, 3.05) is 0 Å². The van der Waals surface area contributed by atoms with Gasteiger partial charge in [-0.1, -0.05) is 133 Å². The number of rotatable bonds is 12. The maximum atomic E-state index is 12.9. The second kappa shape index (κ2) is 14.3. The minimum atomic E-state index is -2.54. The molecule has 4 nitrogen and oxygen atoms in total. The van der Waals surface area contributed by atoms with Crippen molar-refractivity contribution >= 4 is 24.7 Å². The van der Waals surface area contributed by atoms with Crippen molar-refractivity contribution < 1.29 is 19.1 Å². The highest BCUT2D eigenvalue weighted by molar-refractivity contribution is 6.98. The van der Waals surface area contributed by atoms with Crippen molar-refractivity contribution in [1.29, 1.82) is 0 Å². The normalized spacial score (nSPS) is 33.5. The van der Waals surface area contributed by atoms with Gasteiger partial charge in [0.2, 0.25) is 0 Å². The lowest BCUT2D eigenvalue weighted by atomic mass is 9.47. The molecule has 0 bridgehead atoms. The number of carbonyl (C=O) groups is 1. The number of aliphatic hydroxyl groups is 1. The van der Waals surface area contributed by atoms with E-state index in [0.717, 1.165) is 57.8 Å². The third-order valence-corrected chi connectivity index (χ3v) is 18.0. The third-order valence-electron chi connectivity index (χ3n) is 13.3. The van der Waals surface area contributed by atoms with Crippen LogP contribution in [0.1, 0.15) is 118 Å². The smallest absolute Gasteiger partial charge is 0.306 e. The molecule has 0 spiro atoms. The van der Waals surface area contributed by atoms with Crippen LogP contribution < -0.4 is 10.4 Å². The molecule has 0 saturated heterocycles. The van der Waals surface area contributed by atoms with Crippen molar-refractivity contribution in [1.82, 2.24) is 0 Å². The summed E-state index contributed by atoms with van der Waals surface area (Å²) in [7, 11) is -2.54. The first-order valence-electron chi connectivity index (χ1n) is 19.0. The van der Waals surface area contributed by atoms with Crippen LogP contribution in [0.2, 0.25) is 5.54 Å². The Bertz CT molecular complexity index is 1330. The number of hydrogen-bond acceptors (Lipinski definition) is 4. The van der Waals surface area contributed by atoms with Gasteiger partial charge in [0.25, 0.3) is 8.32 Å². The van der Waals surface area contributed by atoms with E-state index in [1.165, 1.54) is 35.2 Å². The molecule has 3 saturated carbocycles. The molecule has 1 N–H and O–H groups in total. The van der Waals surface area contributed by atoms with Gasteiger partial charge >= 0.3 is 5.97 Å². The summed E-state index contributed by atoms with van der Waals surface area (Å²) >= 11 is 0. The highest BCUT2D eigenvalue weighted by Crippen LogP contribution is 2.65. The fraction of sp³-hybridized carbons (Fsp3) is 0.643. The predicted octanol–water partition coefficient (Wildman–Crippen LogP) is 8.75. The molecule has 3 unspecified atom stereocenters. The van der Waals surface area contributed by atoms with Crippen LogP contribution in [0.25, 0.3) is 0 Å². The Morgan fingerprint density at radius 1 is 0.872 bits per heavy atom. The Labute approximate surface area is 285 Å². The fourth-order valence-corrected chi connectivity index (χ4v) is 15.0. The standard InChI is InChI=1S/C42H60O4Si/c1-6-7-8-9-16-21-39(44)45-38-23-22-35-40-36(25-27-42(35,38)5)41(4)26-24-32(28-31(41)29-37(40)43)46-47(30(2)3,33-17-12-10-13-18-33)34-19-14-11-15-20-34/h10-15,17-20,29-30,32,35-38,40,43H,6-9,16,21-28H2,1-5H3/t32-,35?,36?,37-,38-,40?,41-,42-/m0/s1. The lowest BCUT2D eigenvalue weighted by molar-refractivity contribution is -0.162. The van der Waals surface area contributed by atoms with E-state index < -0.39 is 14.4 Å². The highest BCUT2D eigenvalue weighted by atomic mass is 28.4. The van der Waals surface area contributed by atoms with Crippen LogP contribution in [0.15, 0.2) is 72.3 Å². The minimum absolute atomic E-state index is 0.0146. The molecule has 2 aromatic carbocycles. The third kappa shape index (κ3) is 6.46. The Kier molecular flexibility index (Phi) is 10.6. The van der Waals surface area contributed by atoms with Gasteiger partial charge in [0, 0.05) is 17.9 Å². The van der Waals surface area contributed by atoms with Gasteiger partial charge in [-0.3, -0.25) is 4.79 Å². The summed E-state index contributed by atoms with van der Waals surface area (Å²) in [4.78, 5) is 12.9. The van der Waals surface area contributed by atoms with Crippen molar-refractivity contribution in [3.8, 4) is 0 Å². The second-order valence-corrected chi connectivity index (χ2v) is 20.3. The van der Waals surface area contributed by atoms with E-state index in [2.05, 4.69) is 101 Å². The first kappa shape index (κ1) is 34.6. The maximum Gasteiger partial charge on any atom is 0.306 e. The van der Waals surface area contributed by atoms with Crippen LogP contribution >= 0.6 is 0 Å². The van der Waals surface area contributed by atoms with E-state index in [9.17, 15) is 9.90 Å². The Morgan fingerprint density at radius 2 is 1.53 bits per heavy atom. The van der Waals surface area contributed by atoms with Gasteiger partial charge < -0.3 is 14.3 Å². The SMILES string of the molecule is CCCCCCCC(=O)O[C@H]1CCC2C3C(CC[C@@]21C)[C@@]1(C)CC[C@H](O[Si](c2ccccc2)(c2ccccc2)C(C)C)CC1=C[C@@H]3O. The lowest BCUT2D eigenvalue weighted by Crippen LogP contribution is -2.65. The summed E-state index contributed by atoms with van der Waals surface area (Å²) in [5.74, 6) is 1.06. The maximum absolute atomic E-state index is 12.9. The topological polar surface area (TPSA) is 55.8 Å². The molecule has 6 rings (SSSR count). The number of ether oxygens (including phenoxy) is 1. The average molecular weight is 657 g/mol. The van der Waals surface area contributed by atoms with E-state index in [0.29, 0.717) is 23.8 Å². The second-order valence-electron chi connectivity index (χ2n) is 16.3. The van der Waals surface area contributed by atoms with Gasteiger partial charge in [0.1, 0.15) is 6.10 Å². The van der Waals surface area contributed by atoms with Gasteiger partial charge in [-0.05, 0) is 90.4 Å². The number of fused-ring (bicyclic) bond motifs is 5. The molecule has 47 heavy (non-hydrogen) atoms. The van der Waals surface area contributed by atoms with E-state index in [1.807, 2.05) is 0 Å². The number of aliphatic hydroxyl groups excluding tert-OH is 1. The molecule has 0 heterocycles. The Hall–Kier alpha value is -2.21. The van der Waals surface area contributed by atoms with Crippen molar-refractivity contribution in [2.45, 2.75) is 142 Å². The molecule has 5 heteroatoms. The zero-order chi connectivity index (χ0) is 33.2. The number of hydrogen-bond donors (Lipinski definition) is 1. The van der Waals surface area contributed by atoms with Crippen molar-refractivity contribution in [3.63, 3.8) is 0 Å².